The number of nitrogens with one attached hydrogen (secondary N) is 2. The van der Waals surface area contributed by atoms with Crippen molar-refractivity contribution in [3.63, 3.8) is 0 Å². The zero-order valence-electron chi connectivity index (χ0n) is 12.1. The summed E-state index contributed by atoms with van der Waals surface area (Å²) in [5.74, 6) is 0.864. The van der Waals surface area contributed by atoms with Gasteiger partial charge in [0.1, 0.15) is 6.20 Å². The maximum Gasteiger partial charge on any atom is 0.329 e. The summed E-state index contributed by atoms with van der Waals surface area (Å²) in [6.07, 6.45) is 1.19. The molecule has 21 heavy (non-hydrogen) atoms. The molecule has 0 saturated heterocycles. The van der Waals surface area contributed by atoms with Gasteiger partial charge in [0.05, 0.1) is 4.92 Å². The third kappa shape index (κ3) is 3.44. The van der Waals surface area contributed by atoms with Gasteiger partial charge in [0.15, 0.2) is 0 Å². The van der Waals surface area contributed by atoms with Crippen molar-refractivity contribution in [3.8, 4) is 0 Å². The number of aromatic nitrogens is 2. The second-order valence-electron chi connectivity index (χ2n) is 4.84. The topological polar surface area (TPSA) is 93.0 Å². The van der Waals surface area contributed by atoms with Crippen LogP contribution in [0.5, 0.6) is 0 Å². The molecule has 0 fully saturated rings. The number of nitro groups is 1. The molecule has 7 heteroatoms. The lowest BCUT2D eigenvalue weighted by atomic mass is 10.0. The molecule has 0 amide bonds. The van der Waals surface area contributed by atoms with E-state index < -0.39 is 4.92 Å². The quantitative estimate of drug-likeness (QED) is 0.647. The minimum atomic E-state index is -0.506. The fourth-order valence-corrected chi connectivity index (χ4v) is 1.83. The van der Waals surface area contributed by atoms with E-state index in [0.29, 0.717) is 11.9 Å². The summed E-state index contributed by atoms with van der Waals surface area (Å²) in [4.78, 5) is 18.5. The molecule has 0 saturated carbocycles. The van der Waals surface area contributed by atoms with Gasteiger partial charge < -0.3 is 10.6 Å². The third-order valence-electron chi connectivity index (χ3n) is 3.01. The highest BCUT2D eigenvalue weighted by molar-refractivity contribution is 5.66. The van der Waals surface area contributed by atoms with E-state index in [9.17, 15) is 10.1 Å². The third-order valence-corrected chi connectivity index (χ3v) is 3.01. The van der Waals surface area contributed by atoms with Crippen molar-refractivity contribution in [2.24, 2.45) is 0 Å². The number of nitrogens with zero attached hydrogens (tertiary/aromatic N) is 3. The molecule has 1 aromatic heterocycles. The van der Waals surface area contributed by atoms with Crippen LogP contribution in [0.3, 0.4) is 0 Å². The molecule has 0 aliphatic heterocycles. The van der Waals surface area contributed by atoms with Crippen molar-refractivity contribution in [3.05, 3.63) is 46.1 Å². The molecule has 2 rings (SSSR count). The lowest BCUT2D eigenvalue weighted by molar-refractivity contribution is -0.384. The zero-order chi connectivity index (χ0) is 15.4. The molecule has 0 aliphatic carbocycles. The lowest BCUT2D eigenvalue weighted by Crippen LogP contribution is -2.04. The summed E-state index contributed by atoms with van der Waals surface area (Å²) < 4.78 is 0. The molecule has 2 N–H and O–H groups in total. The van der Waals surface area contributed by atoms with E-state index in [1.54, 1.807) is 7.05 Å². The Hall–Kier alpha value is -2.70. The van der Waals surface area contributed by atoms with Crippen LogP contribution in [0.4, 0.5) is 23.1 Å². The molecule has 0 aliphatic rings. The lowest BCUT2D eigenvalue weighted by Gasteiger charge is -2.10. The van der Waals surface area contributed by atoms with Gasteiger partial charge >= 0.3 is 5.69 Å². The van der Waals surface area contributed by atoms with E-state index in [1.165, 1.54) is 6.20 Å². The van der Waals surface area contributed by atoms with Crippen molar-refractivity contribution in [2.75, 3.05) is 17.7 Å². The molecule has 0 atom stereocenters. The van der Waals surface area contributed by atoms with Crippen LogP contribution >= 0.6 is 0 Å². The Bertz CT molecular complexity index is 658. The number of hydrogen-bond acceptors (Lipinski definition) is 6. The van der Waals surface area contributed by atoms with Gasteiger partial charge in [0.2, 0.25) is 11.8 Å². The summed E-state index contributed by atoms with van der Waals surface area (Å²) in [6.45, 7) is 4.18. The summed E-state index contributed by atoms with van der Waals surface area (Å²) >= 11 is 0. The largest absolute Gasteiger partial charge is 0.357 e. The van der Waals surface area contributed by atoms with Crippen molar-refractivity contribution >= 4 is 23.1 Å². The van der Waals surface area contributed by atoms with Crippen LogP contribution in [0.25, 0.3) is 0 Å². The van der Waals surface area contributed by atoms with Crippen LogP contribution in [-0.2, 0) is 0 Å². The van der Waals surface area contributed by atoms with Crippen LogP contribution in [0.15, 0.2) is 30.5 Å². The number of anilines is 3. The monoisotopic (exact) mass is 287 g/mol. The summed E-state index contributed by atoms with van der Waals surface area (Å²) in [6, 6.07) is 7.72. The highest BCUT2D eigenvalue weighted by Gasteiger charge is 2.17. The number of rotatable bonds is 5. The predicted octanol–water partition coefficient (Wildman–Crippen LogP) is 3.29. The predicted molar refractivity (Wildman–Crippen MR) is 82.0 cm³/mol. The molecule has 2 aromatic rings. The highest BCUT2D eigenvalue weighted by atomic mass is 16.6. The van der Waals surface area contributed by atoms with E-state index in [-0.39, 0.29) is 11.5 Å². The van der Waals surface area contributed by atoms with E-state index in [4.69, 9.17) is 0 Å². The minimum Gasteiger partial charge on any atom is -0.357 e. The van der Waals surface area contributed by atoms with Gasteiger partial charge in [-0.2, -0.15) is 4.98 Å². The summed E-state index contributed by atoms with van der Waals surface area (Å²) in [5.41, 5.74) is 1.74. The normalized spacial score (nSPS) is 10.5. The maximum atomic E-state index is 11.1. The average Bonchev–Trinajstić information content (AvgIpc) is 2.47. The molecule has 1 aromatic carbocycles. The second-order valence-corrected chi connectivity index (χ2v) is 4.84. The van der Waals surface area contributed by atoms with Crippen LogP contribution < -0.4 is 10.6 Å². The molecule has 0 spiro atoms. The Morgan fingerprint density at radius 3 is 2.71 bits per heavy atom. The summed E-state index contributed by atoms with van der Waals surface area (Å²) in [7, 11) is 1.66. The van der Waals surface area contributed by atoms with E-state index in [2.05, 4.69) is 34.4 Å². The van der Waals surface area contributed by atoms with Crippen molar-refractivity contribution < 1.29 is 4.92 Å². The van der Waals surface area contributed by atoms with Crippen molar-refractivity contribution in [2.45, 2.75) is 19.8 Å². The van der Waals surface area contributed by atoms with Gasteiger partial charge in [-0.15, -0.1) is 0 Å². The standard InChI is InChI=1S/C14H17N5O2/c1-9(2)10-5-4-6-11(7-10)17-13-12(19(20)21)8-16-14(15-3)18-13/h4-9H,1-3H3,(H2,15,16,17,18). The van der Waals surface area contributed by atoms with Crippen LogP contribution in [0.1, 0.15) is 25.3 Å². The van der Waals surface area contributed by atoms with Crippen molar-refractivity contribution in [1.82, 2.24) is 9.97 Å². The van der Waals surface area contributed by atoms with Gasteiger partial charge in [0, 0.05) is 12.7 Å². The number of hydrogen-bond donors (Lipinski definition) is 2. The first-order chi connectivity index (χ1) is 10.0. The van der Waals surface area contributed by atoms with Crippen LogP contribution in [-0.4, -0.2) is 21.9 Å². The maximum absolute atomic E-state index is 11.1. The van der Waals surface area contributed by atoms with Gasteiger partial charge in [-0.3, -0.25) is 10.1 Å². The smallest absolute Gasteiger partial charge is 0.329 e. The van der Waals surface area contributed by atoms with Gasteiger partial charge in [-0.1, -0.05) is 26.0 Å². The first-order valence-electron chi connectivity index (χ1n) is 6.57. The average molecular weight is 287 g/mol. The molecule has 110 valence electrons. The van der Waals surface area contributed by atoms with E-state index in [1.807, 2.05) is 24.3 Å². The number of benzene rings is 1. The SMILES string of the molecule is CNc1ncc([N+](=O)[O-])c(Nc2cccc(C(C)C)c2)n1. The Morgan fingerprint density at radius 1 is 1.33 bits per heavy atom. The molecule has 7 nitrogen and oxygen atoms in total. The molecule has 0 radical (unpaired) electrons. The first kappa shape index (κ1) is 14.7. The van der Waals surface area contributed by atoms with Gasteiger partial charge in [0.25, 0.3) is 0 Å². The molecule has 1 heterocycles. The van der Waals surface area contributed by atoms with Gasteiger partial charge in [-0.25, -0.2) is 4.98 Å². The zero-order valence-corrected chi connectivity index (χ0v) is 12.1. The van der Waals surface area contributed by atoms with Crippen LogP contribution in [0, 0.1) is 10.1 Å². The van der Waals surface area contributed by atoms with E-state index in [0.717, 1.165) is 11.3 Å². The van der Waals surface area contributed by atoms with Gasteiger partial charge in [-0.05, 0) is 23.6 Å². The molecular weight excluding hydrogens is 270 g/mol. The Labute approximate surface area is 122 Å². The van der Waals surface area contributed by atoms with Crippen LogP contribution in [0.2, 0.25) is 0 Å². The Balaban J connectivity index is 2.38. The fourth-order valence-electron chi connectivity index (χ4n) is 1.83. The summed E-state index contributed by atoms with van der Waals surface area (Å²) in [5, 5.41) is 16.8. The second kappa shape index (κ2) is 6.17. The molecule has 0 bridgehead atoms. The molecule has 0 unspecified atom stereocenters. The van der Waals surface area contributed by atoms with E-state index >= 15 is 0 Å². The Morgan fingerprint density at radius 2 is 2.10 bits per heavy atom. The highest BCUT2D eigenvalue weighted by Crippen LogP contribution is 2.27. The molecular formula is C14H17N5O2. The fraction of sp³-hybridized carbons (Fsp3) is 0.286. The van der Waals surface area contributed by atoms with Crippen molar-refractivity contribution in [1.29, 1.82) is 0 Å². The first-order valence-corrected chi connectivity index (χ1v) is 6.57. The Kier molecular flexibility index (Phi) is 4.32. The minimum absolute atomic E-state index is 0.163.